The summed E-state index contributed by atoms with van der Waals surface area (Å²) in [6.45, 7) is 0. The molecule has 4 aromatic rings. The van der Waals surface area contributed by atoms with E-state index < -0.39 is 5.97 Å². The first-order chi connectivity index (χ1) is 12.2. The number of nitrogen functional groups attached to an aromatic ring is 1. The summed E-state index contributed by atoms with van der Waals surface area (Å²) < 4.78 is 1.47. The van der Waals surface area contributed by atoms with E-state index in [2.05, 4.69) is 0 Å². The van der Waals surface area contributed by atoms with Gasteiger partial charge in [0.25, 0.3) is 0 Å². The van der Waals surface area contributed by atoms with Crippen molar-refractivity contribution in [2.24, 2.45) is 0 Å². The second-order valence-electron chi connectivity index (χ2n) is 5.86. The predicted molar refractivity (Wildman–Crippen MR) is 99.9 cm³/mol. The van der Waals surface area contributed by atoms with Crippen molar-refractivity contribution in [3.63, 3.8) is 0 Å². The smallest absolute Gasteiger partial charge is 0.337 e. The first-order valence-electron chi connectivity index (χ1n) is 7.94. The van der Waals surface area contributed by atoms with E-state index in [0.29, 0.717) is 11.4 Å². The topological polar surface area (TPSA) is 68.2 Å². The molecule has 3 N–H and O–H groups in total. The van der Waals surface area contributed by atoms with Gasteiger partial charge < -0.3 is 10.9 Å². The normalized spacial score (nSPS) is 10.9. The highest BCUT2D eigenvalue weighted by Crippen LogP contribution is 2.35. The number of fused-ring (bicyclic) bond motifs is 1. The zero-order valence-corrected chi connectivity index (χ0v) is 13.4. The highest BCUT2D eigenvalue weighted by molar-refractivity contribution is 6.04. The van der Waals surface area contributed by atoms with E-state index >= 15 is 0 Å². The SMILES string of the molecule is Nn1c(-c2ccccc2)cc(C(=O)O)c1-c1cccc2ccccc12. The van der Waals surface area contributed by atoms with Gasteiger partial charge in [-0.15, -0.1) is 0 Å². The van der Waals surface area contributed by atoms with Gasteiger partial charge in [0.2, 0.25) is 0 Å². The van der Waals surface area contributed by atoms with Gasteiger partial charge in [0, 0.05) is 11.1 Å². The van der Waals surface area contributed by atoms with Gasteiger partial charge in [-0.2, -0.15) is 0 Å². The Kier molecular flexibility index (Phi) is 3.51. The van der Waals surface area contributed by atoms with Gasteiger partial charge in [0.1, 0.15) is 0 Å². The second kappa shape index (κ2) is 5.83. The Labute approximate surface area is 144 Å². The summed E-state index contributed by atoms with van der Waals surface area (Å²) in [7, 11) is 0. The van der Waals surface area contributed by atoms with E-state index in [4.69, 9.17) is 5.84 Å². The number of benzene rings is 3. The van der Waals surface area contributed by atoms with Crippen LogP contribution in [0.2, 0.25) is 0 Å². The molecule has 0 aliphatic rings. The number of carbonyl (C=O) groups is 1. The fraction of sp³-hybridized carbons (Fsp3) is 0. The fourth-order valence-electron chi connectivity index (χ4n) is 3.23. The summed E-state index contributed by atoms with van der Waals surface area (Å²) in [5.41, 5.74) is 3.04. The van der Waals surface area contributed by atoms with Crippen LogP contribution in [0.15, 0.2) is 78.9 Å². The number of aromatic nitrogens is 1. The maximum atomic E-state index is 11.9. The third kappa shape index (κ3) is 2.44. The van der Waals surface area contributed by atoms with Crippen molar-refractivity contribution in [1.82, 2.24) is 4.68 Å². The molecule has 0 radical (unpaired) electrons. The molecule has 0 aliphatic carbocycles. The van der Waals surface area contributed by atoms with Crippen LogP contribution in [-0.4, -0.2) is 15.8 Å². The summed E-state index contributed by atoms with van der Waals surface area (Å²) in [5, 5.41) is 11.7. The molecule has 0 saturated heterocycles. The highest BCUT2D eigenvalue weighted by Gasteiger charge is 2.22. The van der Waals surface area contributed by atoms with Crippen LogP contribution in [-0.2, 0) is 0 Å². The molecule has 0 bridgehead atoms. The molecule has 0 atom stereocenters. The van der Waals surface area contributed by atoms with Gasteiger partial charge in [-0.05, 0) is 16.8 Å². The van der Waals surface area contributed by atoms with Crippen LogP contribution in [0.5, 0.6) is 0 Å². The number of carboxylic acid groups (broad SMARTS) is 1. The molecule has 0 unspecified atom stereocenters. The van der Waals surface area contributed by atoms with Crippen LogP contribution in [0.1, 0.15) is 10.4 Å². The standard InChI is InChI=1S/C21H16N2O2/c22-23-19(15-8-2-1-3-9-15)13-18(21(24)25)20(23)17-12-6-10-14-7-4-5-11-16(14)17/h1-13H,22H2,(H,24,25). The van der Waals surface area contributed by atoms with Gasteiger partial charge in [-0.3, -0.25) is 4.68 Å². The first-order valence-corrected chi connectivity index (χ1v) is 7.94. The number of hydrogen-bond donors (Lipinski definition) is 2. The molecule has 25 heavy (non-hydrogen) atoms. The van der Waals surface area contributed by atoms with Gasteiger partial charge in [-0.1, -0.05) is 72.8 Å². The van der Waals surface area contributed by atoms with Gasteiger partial charge in [0.15, 0.2) is 0 Å². The third-order valence-electron chi connectivity index (χ3n) is 4.38. The molecule has 4 nitrogen and oxygen atoms in total. The van der Waals surface area contributed by atoms with E-state index in [0.717, 1.165) is 21.9 Å². The molecule has 122 valence electrons. The number of rotatable bonds is 3. The van der Waals surface area contributed by atoms with Crippen LogP contribution in [0, 0.1) is 0 Å². The Morgan fingerprint density at radius 1 is 0.880 bits per heavy atom. The lowest BCUT2D eigenvalue weighted by Gasteiger charge is -2.11. The molecule has 0 amide bonds. The lowest BCUT2D eigenvalue weighted by atomic mass is 10.00. The minimum atomic E-state index is -0.996. The van der Waals surface area contributed by atoms with Crippen molar-refractivity contribution in [3.8, 4) is 22.5 Å². The summed E-state index contributed by atoms with van der Waals surface area (Å²) >= 11 is 0. The molecule has 0 saturated carbocycles. The van der Waals surface area contributed by atoms with Crippen LogP contribution in [0.25, 0.3) is 33.3 Å². The number of nitrogens with zero attached hydrogens (tertiary/aromatic N) is 1. The average Bonchev–Trinajstić information content (AvgIpc) is 2.99. The molecule has 4 rings (SSSR count). The van der Waals surface area contributed by atoms with Crippen molar-refractivity contribution >= 4 is 16.7 Å². The van der Waals surface area contributed by atoms with Crippen LogP contribution in [0.3, 0.4) is 0 Å². The van der Waals surface area contributed by atoms with Crippen molar-refractivity contribution in [1.29, 1.82) is 0 Å². The second-order valence-corrected chi connectivity index (χ2v) is 5.86. The molecule has 0 aliphatic heterocycles. The van der Waals surface area contributed by atoms with Gasteiger partial charge >= 0.3 is 5.97 Å². The average molecular weight is 328 g/mol. The third-order valence-corrected chi connectivity index (χ3v) is 4.38. The van der Waals surface area contributed by atoms with E-state index in [-0.39, 0.29) is 5.56 Å². The van der Waals surface area contributed by atoms with Gasteiger partial charge in [-0.25, -0.2) is 4.79 Å². The summed E-state index contributed by atoms with van der Waals surface area (Å²) in [5.74, 6) is 5.35. The lowest BCUT2D eigenvalue weighted by Crippen LogP contribution is -2.12. The van der Waals surface area contributed by atoms with Crippen molar-refractivity contribution in [2.75, 3.05) is 5.84 Å². The zero-order chi connectivity index (χ0) is 17.4. The Morgan fingerprint density at radius 2 is 1.56 bits per heavy atom. The minimum absolute atomic E-state index is 0.192. The predicted octanol–water partition coefficient (Wildman–Crippen LogP) is 4.39. The summed E-state index contributed by atoms with van der Waals surface area (Å²) in [4.78, 5) is 11.9. The Morgan fingerprint density at radius 3 is 2.32 bits per heavy atom. The van der Waals surface area contributed by atoms with E-state index in [1.165, 1.54) is 4.68 Å². The molecular weight excluding hydrogens is 312 g/mol. The van der Waals surface area contributed by atoms with Crippen molar-refractivity contribution in [3.05, 3.63) is 84.4 Å². The van der Waals surface area contributed by atoms with Crippen molar-refractivity contribution in [2.45, 2.75) is 0 Å². The molecule has 0 spiro atoms. The summed E-state index contributed by atoms with van der Waals surface area (Å²) in [6.07, 6.45) is 0. The molecular formula is C21H16N2O2. The van der Waals surface area contributed by atoms with Crippen LogP contribution in [0.4, 0.5) is 0 Å². The van der Waals surface area contributed by atoms with Crippen LogP contribution >= 0.6 is 0 Å². The zero-order valence-electron chi connectivity index (χ0n) is 13.4. The summed E-state index contributed by atoms with van der Waals surface area (Å²) in [6, 6.07) is 24.9. The lowest BCUT2D eigenvalue weighted by molar-refractivity contribution is 0.0698. The largest absolute Gasteiger partial charge is 0.478 e. The first kappa shape index (κ1) is 15.0. The molecule has 1 aromatic heterocycles. The molecule has 3 aromatic carbocycles. The maximum absolute atomic E-state index is 11.9. The quantitative estimate of drug-likeness (QED) is 0.548. The highest BCUT2D eigenvalue weighted by atomic mass is 16.4. The van der Waals surface area contributed by atoms with Crippen LogP contribution < -0.4 is 5.84 Å². The Balaban J connectivity index is 2.04. The number of carboxylic acids is 1. The van der Waals surface area contributed by atoms with E-state index in [9.17, 15) is 9.90 Å². The van der Waals surface area contributed by atoms with E-state index in [1.54, 1.807) is 6.07 Å². The molecule has 1 heterocycles. The van der Waals surface area contributed by atoms with Gasteiger partial charge in [0.05, 0.1) is 17.0 Å². The van der Waals surface area contributed by atoms with E-state index in [1.807, 2.05) is 72.8 Å². The number of aromatic carboxylic acids is 1. The molecule has 0 fully saturated rings. The molecule has 4 heteroatoms. The Hall–Kier alpha value is -3.53. The number of hydrogen-bond acceptors (Lipinski definition) is 2. The minimum Gasteiger partial charge on any atom is -0.478 e. The number of nitrogens with two attached hydrogens (primary N) is 1. The fourth-order valence-corrected chi connectivity index (χ4v) is 3.23. The maximum Gasteiger partial charge on any atom is 0.337 e. The Bertz CT molecular complexity index is 1080. The monoisotopic (exact) mass is 328 g/mol. The van der Waals surface area contributed by atoms with Crippen molar-refractivity contribution < 1.29 is 9.90 Å².